The van der Waals surface area contributed by atoms with Crippen LogP contribution in [0.15, 0.2) is 85.4 Å². The molecule has 5 nitrogen and oxygen atoms in total. The van der Waals surface area contributed by atoms with Gasteiger partial charge in [-0.3, -0.25) is 4.79 Å². The second-order valence-electron chi connectivity index (χ2n) is 5.80. The van der Waals surface area contributed by atoms with E-state index >= 15 is 0 Å². The number of hydrogen-bond donors (Lipinski definition) is 3. The Morgan fingerprint density at radius 1 is 0.667 bits per heavy atom. The van der Waals surface area contributed by atoms with Gasteiger partial charge in [-0.05, 0) is 54.1 Å². The van der Waals surface area contributed by atoms with Gasteiger partial charge in [0.15, 0.2) is 0 Å². The Kier molecular flexibility index (Phi) is 5.64. The molecule has 134 valence electrons. The van der Waals surface area contributed by atoms with E-state index in [1.807, 2.05) is 30.3 Å². The van der Waals surface area contributed by atoms with Crippen LogP contribution in [0.3, 0.4) is 0 Å². The maximum absolute atomic E-state index is 12.3. The van der Waals surface area contributed by atoms with E-state index < -0.39 is 0 Å². The number of para-hydroxylation sites is 1. The van der Waals surface area contributed by atoms with Crippen molar-refractivity contribution in [3.63, 3.8) is 0 Å². The van der Waals surface area contributed by atoms with Crippen molar-refractivity contribution < 1.29 is 9.59 Å². The number of urea groups is 1. The largest absolute Gasteiger partial charge is 0.323 e. The summed E-state index contributed by atoms with van der Waals surface area (Å²) >= 11 is 0. The van der Waals surface area contributed by atoms with Crippen molar-refractivity contribution >= 4 is 35.1 Å². The van der Waals surface area contributed by atoms with Crippen molar-refractivity contribution in [2.24, 2.45) is 0 Å². The Morgan fingerprint density at radius 2 is 1.19 bits per heavy atom. The summed E-state index contributed by atoms with van der Waals surface area (Å²) < 4.78 is 0. The second-order valence-corrected chi connectivity index (χ2v) is 5.80. The van der Waals surface area contributed by atoms with Crippen LogP contribution in [0.2, 0.25) is 0 Å². The van der Waals surface area contributed by atoms with Crippen LogP contribution in [0.25, 0.3) is 6.08 Å². The summed E-state index contributed by atoms with van der Waals surface area (Å²) in [7, 11) is 0. The number of anilines is 3. The SMILES string of the molecule is C=Cc1ccc(C(=O)Nc2ccc(NC(=O)Nc3ccccc3)cc2)cc1. The molecule has 0 aliphatic rings. The number of rotatable bonds is 5. The Labute approximate surface area is 157 Å². The molecule has 0 saturated carbocycles. The van der Waals surface area contributed by atoms with Gasteiger partial charge in [0.1, 0.15) is 0 Å². The van der Waals surface area contributed by atoms with Gasteiger partial charge in [-0.25, -0.2) is 4.79 Å². The lowest BCUT2D eigenvalue weighted by atomic mass is 10.1. The lowest BCUT2D eigenvalue weighted by Gasteiger charge is -2.09. The summed E-state index contributed by atoms with van der Waals surface area (Å²) in [5.74, 6) is -0.201. The Balaban J connectivity index is 1.57. The second kappa shape index (κ2) is 8.49. The molecule has 3 rings (SSSR count). The Morgan fingerprint density at radius 3 is 1.74 bits per heavy atom. The topological polar surface area (TPSA) is 70.2 Å². The van der Waals surface area contributed by atoms with E-state index in [0.29, 0.717) is 22.6 Å². The molecular weight excluding hydrogens is 338 g/mol. The van der Waals surface area contributed by atoms with E-state index in [2.05, 4.69) is 22.5 Å². The fourth-order valence-electron chi connectivity index (χ4n) is 2.43. The summed E-state index contributed by atoms with van der Waals surface area (Å²) in [4.78, 5) is 24.2. The molecule has 5 heteroatoms. The average molecular weight is 357 g/mol. The highest BCUT2D eigenvalue weighted by molar-refractivity contribution is 6.04. The van der Waals surface area contributed by atoms with Gasteiger partial charge in [-0.15, -0.1) is 0 Å². The number of nitrogens with one attached hydrogen (secondary N) is 3. The van der Waals surface area contributed by atoms with Crippen molar-refractivity contribution in [2.45, 2.75) is 0 Å². The first-order valence-corrected chi connectivity index (χ1v) is 8.41. The molecule has 0 aliphatic heterocycles. The molecule has 3 N–H and O–H groups in total. The van der Waals surface area contributed by atoms with E-state index in [0.717, 1.165) is 5.56 Å². The quantitative estimate of drug-likeness (QED) is 0.585. The van der Waals surface area contributed by atoms with E-state index in [1.54, 1.807) is 54.6 Å². The predicted octanol–water partition coefficient (Wildman–Crippen LogP) is 5.23. The van der Waals surface area contributed by atoms with Crippen molar-refractivity contribution in [2.75, 3.05) is 16.0 Å². The molecule has 0 spiro atoms. The van der Waals surface area contributed by atoms with E-state index in [1.165, 1.54) is 0 Å². The molecule has 0 bridgehead atoms. The zero-order chi connectivity index (χ0) is 19.1. The van der Waals surface area contributed by atoms with Crippen LogP contribution in [0, 0.1) is 0 Å². The molecule has 0 saturated heterocycles. The van der Waals surface area contributed by atoms with Crippen LogP contribution in [0.4, 0.5) is 21.9 Å². The highest BCUT2D eigenvalue weighted by Crippen LogP contribution is 2.16. The number of carbonyl (C=O) groups excluding carboxylic acids is 2. The van der Waals surface area contributed by atoms with Gasteiger partial charge in [0.2, 0.25) is 0 Å². The first-order valence-electron chi connectivity index (χ1n) is 8.41. The molecule has 27 heavy (non-hydrogen) atoms. The van der Waals surface area contributed by atoms with Gasteiger partial charge in [-0.2, -0.15) is 0 Å². The van der Waals surface area contributed by atoms with Gasteiger partial charge < -0.3 is 16.0 Å². The van der Waals surface area contributed by atoms with Crippen molar-refractivity contribution in [1.82, 2.24) is 0 Å². The highest BCUT2D eigenvalue weighted by atomic mass is 16.2. The lowest BCUT2D eigenvalue weighted by Crippen LogP contribution is -2.19. The summed E-state index contributed by atoms with van der Waals surface area (Å²) in [5.41, 5.74) is 3.49. The minimum Gasteiger partial charge on any atom is -0.322 e. The standard InChI is InChI=1S/C22H19N3O2/c1-2-16-8-10-17(11-9-16)21(26)23-19-12-14-20(15-13-19)25-22(27)24-18-6-4-3-5-7-18/h2-15H,1H2,(H,23,26)(H2,24,25,27). The molecule has 0 atom stereocenters. The Hall–Kier alpha value is -3.86. The average Bonchev–Trinajstić information content (AvgIpc) is 2.70. The van der Waals surface area contributed by atoms with Gasteiger partial charge in [-0.1, -0.05) is 43.0 Å². The van der Waals surface area contributed by atoms with E-state index in [4.69, 9.17) is 0 Å². The van der Waals surface area contributed by atoms with Crippen LogP contribution in [-0.2, 0) is 0 Å². The third kappa shape index (κ3) is 5.06. The van der Waals surface area contributed by atoms with Gasteiger partial charge in [0, 0.05) is 22.6 Å². The van der Waals surface area contributed by atoms with Crippen LogP contribution in [0.1, 0.15) is 15.9 Å². The molecule has 0 aliphatic carbocycles. The van der Waals surface area contributed by atoms with Crippen LogP contribution < -0.4 is 16.0 Å². The summed E-state index contributed by atoms with van der Waals surface area (Å²) in [6.07, 6.45) is 1.72. The maximum atomic E-state index is 12.3. The zero-order valence-corrected chi connectivity index (χ0v) is 14.6. The van der Waals surface area contributed by atoms with Crippen LogP contribution in [0.5, 0.6) is 0 Å². The smallest absolute Gasteiger partial charge is 0.322 e. The molecule has 0 aromatic heterocycles. The molecule has 0 unspecified atom stereocenters. The van der Waals surface area contributed by atoms with Crippen molar-refractivity contribution in [3.8, 4) is 0 Å². The molecule has 3 aromatic carbocycles. The maximum Gasteiger partial charge on any atom is 0.323 e. The van der Waals surface area contributed by atoms with Crippen molar-refractivity contribution in [3.05, 3.63) is 96.6 Å². The Bertz CT molecular complexity index is 934. The van der Waals surface area contributed by atoms with Crippen LogP contribution >= 0.6 is 0 Å². The van der Waals surface area contributed by atoms with Gasteiger partial charge in [0.25, 0.3) is 5.91 Å². The minimum absolute atomic E-state index is 0.201. The molecule has 0 radical (unpaired) electrons. The molecule has 0 fully saturated rings. The molecular formula is C22H19N3O2. The number of hydrogen-bond acceptors (Lipinski definition) is 2. The molecule has 3 aromatic rings. The van der Waals surface area contributed by atoms with E-state index in [-0.39, 0.29) is 11.9 Å². The van der Waals surface area contributed by atoms with Crippen molar-refractivity contribution in [1.29, 1.82) is 0 Å². The van der Waals surface area contributed by atoms with Gasteiger partial charge >= 0.3 is 6.03 Å². The molecule has 3 amide bonds. The number of benzene rings is 3. The van der Waals surface area contributed by atoms with Gasteiger partial charge in [0.05, 0.1) is 0 Å². The fraction of sp³-hybridized carbons (Fsp3) is 0. The lowest BCUT2D eigenvalue weighted by molar-refractivity contribution is 0.102. The summed E-state index contributed by atoms with van der Waals surface area (Å²) in [6, 6.07) is 22.9. The number of carbonyl (C=O) groups is 2. The summed E-state index contributed by atoms with van der Waals surface area (Å²) in [6.45, 7) is 3.69. The third-order valence-electron chi connectivity index (χ3n) is 3.84. The first-order chi connectivity index (χ1) is 13.1. The van der Waals surface area contributed by atoms with E-state index in [9.17, 15) is 9.59 Å². The van der Waals surface area contributed by atoms with Crippen LogP contribution in [-0.4, -0.2) is 11.9 Å². The minimum atomic E-state index is -0.333. The zero-order valence-electron chi connectivity index (χ0n) is 14.6. The highest BCUT2D eigenvalue weighted by Gasteiger charge is 2.07. The normalized spacial score (nSPS) is 9.93. The molecule has 0 heterocycles. The number of amides is 3. The predicted molar refractivity (Wildman–Crippen MR) is 110 cm³/mol. The first kappa shape index (κ1) is 17.9. The fourth-order valence-corrected chi connectivity index (χ4v) is 2.43. The summed E-state index contributed by atoms with van der Waals surface area (Å²) in [5, 5.41) is 8.31. The third-order valence-corrected chi connectivity index (χ3v) is 3.84. The monoisotopic (exact) mass is 357 g/mol.